The first-order valence-corrected chi connectivity index (χ1v) is 8.58. The number of halogens is 2. The van der Waals surface area contributed by atoms with E-state index in [-0.39, 0.29) is 5.82 Å². The molecule has 1 aromatic carbocycles. The molecule has 0 atom stereocenters. The maximum atomic E-state index is 13.2. The fourth-order valence-electron chi connectivity index (χ4n) is 2.89. The van der Waals surface area contributed by atoms with Crippen LogP contribution in [0, 0.1) is 19.7 Å². The van der Waals surface area contributed by atoms with E-state index in [1.54, 1.807) is 16.9 Å². The van der Waals surface area contributed by atoms with Crippen molar-refractivity contribution in [3.05, 3.63) is 76.7 Å². The Hall–Kier alpha value is -2.86. The van der Waals surface area contributed by atoms with Gasteiger partial charge in [-0.2, -0.15) is 5.10 Å². The Bertz CT molecular complexity index is 1090. The molecule has 0 spiro atoms. The number of nitrogens with one attached hydrogen (secondary N) is 1. The van der Waals surface area contributed by atoms with E-state index in [9.17, 15) is 4.39 Å². The maximum absolute atomic E-state index is 13.2. The van der Waals surface area contributed by atoms with E-state index in [0.29, 0.717) is 11.6 Å². The summed E-state index contributed by atoms with van der Waals surface area (Å²) in [6, 6.07) is 8.27. The summed E-state index contributed by atoms with van der Waals surface area (Å²) in [7, 11) is 0. The van der Waals surface area contributed by atoms with Gasteiger partial charge in [-0.05, 0) is 43.7 Å². The number of hydrogen-bond acceptors (Lipinski definition) is 3. The predicted octanol–water partition coefficient (Wildman–Crippen LogP) is 4.54. The summed E-state index contributed by atoms with van der Waals surface area (Å²) in [5, 5.41) is 8.08. The Kier molecular flexibility index (Phi) is 4.12. The van der Waals surface area contributed by atoms with Gasteiger partial charge in [-0.25, -0.2) is 14.1 Å². The van der Waals surface area contributed by atoms with Crippen molar-refractivity contribution >= 4 is 22.9 Å². The number of nitrogens with zero attached hydrogens (tertiary/aromatic N) is 4. The van der Waals surface area contributed by atoms with Gasteiger partial charge >= 0.3 is 0 Å². The molecule has 0 fully saturated rings. The quantitative estimate of drug-likeness (QED) is 0.574. The third kappa shape index (κ3) is 2.93. The van der Waals surface area contributed by atoms with E-state index in [0.717, 1.165) is 34.0 Å². The minimum atomic E-state index is -0.346. The molecular formula is C19H17ClFN5. The van der Waals surface area contributed by atoms with Gasteiger partial charge < -0.3 is 9.72 Å². The standard InChI is InChI=1S/C19H17ClFN5/c1-12-13(2)25-11-16(26-7-3-6-23-26)9-18(19(25)24-12)22-10-14-4-5-15(21)8-17(14)20/h3-9,11,22H,10H2,1-2H3. The molecule has 4 rings (SSSR count). The molecule has 0 radical (unpaired) electrons. The molecule has 5 nitrogen and oxygen atoms in total. The van der Waals surface area contributed by atoms with E-state index in [2.05, 4.69) is 15.4 Å². The summed E-state index contributed by atoms with van der Waals surface area (Å²) in [4.78, 5) is 4.66. The van der Waals surface area contributed by atoms with Crippen molar-refractivity contribution in [3.63, 3.8) is 0 Å². The van der Waals surface area contributed by atoms with Crippen molar-refractivity contribution in [2.24, 2.45) is 0 Å². The average molecular weight is 370 g/mol. The number of aryl methyl sites for hydroxylation is 2. The van der Waals surface area contributed by atoms with Crippen LogP contribution in [-0.2, 0) is 6.54 Å². The summed E-state index contributed by atoms with van der Waals surface area (Å²) in [5.74, 6) is -0.346. The first-order valence-electron chi connectivity index (χ1n) is 8.20. The number of aromatic nitrogens is 4. The first kappa shape index (κ1) is 16.6. The first-order chi connectivity index (χ1) is 12.5. The van der Waals surface area contributed by atoms with Crippen LogP contribution in [0.5, 0.6) is 0 Å². The van der Waals surface area contributed by atoms with Crippen LogP contribution in [0.4, 0.5) is 10.1 Å². The number of rotatable bonds is 4. The molecule has 3 aromatic heterocycles. The molecule has 1 N–H and O–H groups in total. The van der Waals surface area contributed by atoms with E-state index in [4.69, 9.17) is 11.6 Å². The van der Waals surface area contributed by atoms with E-state index in [1.807, 2.05) is 42.8 Å². The zero-order valence-corrected chi connectivity index (χ0v) is 15.1. The molecule has 0 aliphatic rings. The minimum absolute atomic E-state index is 0.346. The summed E-state index contributed by atoms with van der Waals surface area (Å²) in [5.41, 5.74) is 5.44. The summed E-state index contributed by atoms with van der Waals surface area (Å²) in [6.07, 6.45) is 5.64. The second-order valence-electron chi connectivity index (χ2n) is 6.13. The second kappa shape index (κ2) is 6.46. The lowest BCUT2D eigenvalue weighted by Crippen LogP contribution is -2.05. The van der Waals surface area contributed by atoms with Crippen LogP contribution in [0.25, 0.3) is 11.3 Å². The molecule has 0 aliphatic heterocycles. The van der Waals surface area contributed by atoms with E-state index < -0.39 is 0 Å². The second-order valence-corrected chi connectivity index (χ2v) is 6.54. The number of fused-ring (bicyclic) bond motifs is 1. The lowest BCUT2D eigenvalue weighted by atomic mass is 10.2. The van der Waals surface area contributed by atoms with Gasteiger partial charge in [-0.1, -0.05) is 17.7 Å². The zero-order valence-electron chi connectivity index (χ0n) is 14.4. The SMILES string of the molecule is Cc1nc2c(NCc3ccc(F)cc3Cl)cc(-n3cccn3)cn2c1C. The average Bonchev–Trinajstić information content (AvgIpc) is 3.24. The molecule has 26 heavy (non-hydrogen) atoms. The van der Waals surface area contributed by atoms with Gasteiger partial charge in [0, 0.05) is 35.9 Å². The van der Waals surface area contributed by atoms with E-state index in [1.165, 1.54) is 12.1 Å². The Balaban J connectivity index is 1.76. The topological polar surface area (TPSA) is 47.2 Å². The molecule has 0 unspecified atom stereocenters. The molecule has 0 saturated heterocycles. The van der Waals surface area contributed by atoms with E-state index >= 15 is 0 Å². The van der Waals surface area contributed by atoms with Crippen LogP contribution in [0.1, 0.15) is 17.0 Å². The molecule has 0 bridgehead atoms. The Labute approximate surface area is 155 Å². The van der Waals surface area contributed by atoms with Crippen molar-refractivity contribution in [1.82, 2.24) is 19.2 Å². The van der Waals surface area contributed by atoms with Crippen molar-refractivity contribution in [2.45, 2.75) is 20.4 Å². The maximum Gasteiger partial charge on any atom is 0.160 e. The molecule has 0 aliphatic carbocycles. The van der Waals surface area contributed by atoms with Gasteiger partial charge in [0.05, 0.1) is 17.1 Å². The van der Waals surface area contributed by atoms with Crippen molar-refractivity contribution < 1.29 is 4.39 Å². The summed E-state index contributed by atoms with van der Waals surface area (Å²) < 4.78 is 17.1. The van der Waals surface area contributed by atoms with Gasteiger partial charge in [-0.15, -0.1) is 0 Å². The van der Waals surface area contributed by atoms with Gasteiger partial charge in [0.2, 0.25) is 0 Å². The monoisotopic (exact) mass is 369 g/mol. The summed E-state index contributed by atoms with van der Waals surface area (Å²) >= 11 is 6.14. The predicted molar refractivity (Wildman–Crippen MR) is 101 cm³/mol. The molecule has 4 aromatic rings. The van der Waals surface area contributed by atoms with Crippen LogP contribution >= 0.6 is 11.6 Å². The highest BCUT2D eigenvalue weighted by Gasteiger charge is 2.12. The minimum Gasteiger partial charge on any atom is -0.378 e. The van der Waals surface area contributed by atoms with Gasteiger partial charge in [0.1, 0.15) is 5.82 Å². The largest absolute Gasteiger partial charge is 0.378 e. The lowest BCUT2D eigenvalue weighted by Gasteiger charge is -2.12. The highest BCUT2D eigenvalue weighted by atomic mass is 35.5. The number of imidazole rings is 1. The smallest absolute Gasteiger partial charge is 0.160 e. The third-order valence-corrected chi connectivity index (χ3v) is 4.79. The molecule has 7 heteroatoms. The van der Waals surface area contributed by atoms with Crippen molar-refractivity contribution in [1.29, 1.82) is 0 Å². The molecular weight excluding hydrogens is 353 g/mol. The zero-order chi connectivity index (χ0) is 18.3. The van der Waals surface area contributed by atoms with Gasteiger partial charge in [-0.3, -0.25) is 0 Å². The molecule has 132 valence electrons. The fourth-order valence-corrected chi connectivity index (χ4v) is 3.12. The number of hydrogen-bond donors (Lipinski definition) is 1. The third-order valence-electron chi connectivity index (χ3n) is 4.43. The highest BCUT2D eigenvalue weighted by Crippen LogP contribution is 2.25. The Morgan fingerprint density at radius 2 is 2.08 bits per heavy atom. The van der Waals surface area contributed by atoms with Gasteiger partial charge in [0.25, 0.3) is 0 Å². The Morgan fingerprint density at radius 3 is 2.81 bits per heavy atom. The molecule has 0 amide bonds. The molecule has 3 heterocycles. The van der Waals surface area contributed by atoms with Crippen LogP contribution in [0.2, 0.25) is 5.02 Å². The van der Waals surface area contributed by atoms with Crippen LogP contribution in [0.3, 0.4) is 0 Å². The normalized spacial score (nSPS) is 11.2. The number of anilines is 1. The van der Waals surface area contributed by atoms with Crippen LogP contribution in [-0.4, -0.2) is 19.2 Å². The lowest BCUT2D eigenvalue weighted by molar-refractivity contribution is 0.627. The van der Waals surface area contributed by atoms with Gasteiger partial charge in [0.15, 0.2) is 5.65 Å². The Morgan fingerprint density at radius 1 is 1.23 bits per heavy atom. The highest BCUT2D eigenvalue weighted by molar-refractivity contribution is 6.31. The summed E-state index contributed by atoms with van der Waals surface area (Å²) in [6.45, 7) is 4.47. The number of benzene rings is 1. The van der Waals surface area contributed by atoms with Crippen molar-refractivity contribution in [3.8, 4) is 5.69 Å². The number of pyridine rings is 1. The fraction of sp³-hybridized carbons (Fsp3) is 0.158. The van der Waals surface area contributed by atoms with Crippen LogP contribution in [0.15, 0.2) is 48.9 Å². The van der Waals surface area contributed by atoms with Crippen LogP contribution < -0.4 is 5.32 Å². The van der Waals surface area contributed by atoms with Crippen molar-refractivity contribution in [2.75, 3.05) is 5.32 Å². The molecule has 0 saturated carbocycles.